The minimum Gasteiger partial charge on any atom is -0.314 e. The SMILES string of the molecule is CCNC(CC)C(C)c1ncc(C(F)(F)F)cc1Cl. The Labute approximate surface area is 116 Å². The Kier molecular flexibility index (Phi) is 5.62. The van der Waals surface area contributed by atoms with Crippen LogP contribution in [0.3, 0.4) is 0 Å². The van der Waals surface area contributed by atoms with Crippen LogP contribution in [0.25, 0.3) is 0 Å². The second-order valence-corrected chi connectivity index (χ2v) is 4.86. The standard InChI is InChI=1S/C13H18ClF3N2/c1-4-11(18-5-2)8(3)12-10(14)6-9(7-19-12)13(15,16)17/h6-8,11,18H,4-5H2,1-3H3. The first-order valence-corrected chi connectivity index (χ1v) is 6.65. The van der Waals surface area contributed by atoms with Crippen molar-refractivity contribution >= 4 is 11.6 Å². The predicted octanol–water partition coefficient (Wildman–Crippen LogP) is 4.25. The van der Waals surface area contributed by atoms with E-state index in [4.69, 9.17) is 11.6 Å². The monoisotopic (exact) mass is 294 g/mol. The summed E-state index contributed by atoms with van der Waals surface area (Å²) >= 11 is 5.94. The molecule has 0 aliphatic carbocycles. The first kappa shape index (κ1) is 16.2. The minimum absolute atomic E-state index is 0.0419. The molecule has 0 aliphatic heterocycles. The van der Waals surface area contributed by atoms with E-state index in [-0.39, 0.29) is 17.0 Å². The average Bonchev–Trinajstić information content (AvgIpc) is 2.34. The van der Waals surface area contributed by atoms with Gasteiger partial charge in [0, 0.05) is 18.2 Å². The van der Waals surface area contributed by atoms with Crippen molar-refractivity contribution in [1.29, 1.82) is 0 Å². The molecule has 2 nitrogen and oxygen atoms in total. The van der Waals surface area contributed by atoms with E-state index < -0.39 is 11.7 Å². The van der Waals surface area contributed by atoms with E-state index in [1.807, 2.05) is 20.8 Å². The van der Waals surface area contributed by atoms with Crippen LogP contribution in [0.1, 0.15) is 44.4 Å². The summed E-state index contributed by atoms with van der Waals surface area (Å²) in [4.78, 5) is 3.90. The fraction of sp³-hybridized carbons (Fsp3) is 0.615. The lowest BCUT2D eigenvalue weighted by Gasteiger charge is -2.24. The average molecular weight is 295 g/mol. The van der Waals surface area contributed by atoms with E-state index >= 15 is 0 Å². The number of likely N-dealkylation sites (N-methyl/N-ethyl adjacent to an activating group) is 1. The van der Waals surface area contributed by atoms with Gasteiger partial charge < -0.3 is 5.32 Å². The maximum atomic E-state index is 12.5. The Hall–Kier alpha value is -0.810. The van der Waals surface area contributed by atoms with E-state index in [0.717, 1.165) is 25.2 Å². The lowest BCUT2D eigenvalue weighted by atomic mass is 9.95. The molecule has 2 atom stereocenters. The van der Waals surface area contributed by atoms with Crippen LogP contribution >= 0.6 is 11.6 Å². The predicted molar refractivity (Wildman–Crippen MR) is 70.4 cm³/mol. The molecule has 1 heterocycles. The summed E-state index contributed by atoms with van der Waals surface area (Å²) in [5.41, 5.74) is -0.313. The second kappa shape index (κ2) is 6.57. The molecule has 0 aromatic carbocycles. The van der Waals surface area contributed by atoms with Crippen molar-refractivity contribution in [3.63, 3.8) is 0 Å². The van der Waals surface area contributed by atoms with Gasteiger partial charge in [0.15, 0.2) is 0 Å². The summed E-state index contributed by atoms with van der Waals surface area (Å²) in [6.45, 7) is 6.71. The lowest BCUT2D eigenvalue weighted by molar-refractivity contribution is -0.137. The van der Waals surface area contributed by atoms with Crippen LogP contribution in [0.2, 0.25) is 5.02 Å². The quantitative estimate of drug-likeness (QED) is 0.878. The van der Waals surface area contributed by atoms with Crippen molar-refractivity contribution in [2.24, 2.45) is 0 Å². The van der Waals surface area contributed by atoms with Gasteiger partial charge in [0.2, 0.25) is 0 Å². The van der Waals surface area contributed by atoms with Gasteiger partial charge in [-0.3, -0.25) is 4.98 Å². The highest BCUT2D eigenvalue weighted by Crippen LogP contribution is 2.33. The Balaban J connectivity index is 3.02. The van der Waals surface area contributed by atoms with Gasteiger partial charge in [-0.2, -0.15) is 13.2 Å². The van der Waals surface area contributed by atoms with E-state index in [9.17, 15) is 13.2 Å². The van der Waals surface area contributed by atoms with Crippen molar-refractivity contribution in [3.05, 3.63) is 28.5 Å². The van der Waals surface area contributed by atoms with Gasteiger partial charge in [-0.15, -0.1) is 0 Å². The number of alkyl halides is 3. The molecule has 0 saturated carbocycles. The number of nitrogens with zero attached hydrogens (tertiary/aromatic N) is 1. The Morgan fingerprint density at radius 1 is 1.37 bits per heavy atom. The summed E-state index contributed by atoms with van der Waals surface area (Å²) in [7, 11) is 0. The van der Waals surface area contributed by atoms with Crippen LogP contribution in [0.5, 0.6) is 0 Å². The molecule has 1 aromatic heterocycles. The number of aromatic nitrogens is 1. The molecule has 1 rings (SSSR count). The molecule has 0 bridgehead atoms. The molecule has 0 fully saturated rings. The maximum absolute atomic E-state index is 12.5. The second-order valence-electron chi connectivity index (χ2n) is 4.45. The third-order valence-electron chi connectivity index (χ3n) is 3.14. The molecule has 108 valence electrons. The fourth-order valence-corrected chi connectivity index (χ4v) is 2.40. The van der Waals surface area contributed by atoms with E-state index in [1.54, 1.807) is 0 Å². The van der Waals surface area contributed by atoms with Gasteiger partial charge in [0.05, 0.1) is 16.3 Å². The molecule has 0 amide bonds. The van der Waals surface area contributed by atoms with Crippen molar-refractivity contribution in [1.82, 2.24) is 10.3 Å². The molecule has 0 radical (unpaired) electrons. The zero-order valence-corrected chi connectivity index (χ0v) is 11.9. The molecule has 2 unspecified atom stereocenters. The van der Waals surface area contributed by atoms with Gasteiger partial charge in [0.25, 0.3) is 0 Å². The topological polar surface area (TPSA) is 24.9 Å². The van der Waals surface area contributed by atoms with Gasteiger partial charge in [-0.05, 0) is 19.0 Å². The summed E-state index contributed by atoms with van der Waals surface area (Å²) in [5.74, 6) is -0.0419. The summed E-state index contributed by atoms with van der Waals surface area (Å²) in [5, 5.41) is 3.35. The Bertz CT molecular complexity index is 421. The molecular formula is C13H18ClF3N2. The number of hydrogen-bond acceptors (Lipinski definition) is 2. The molecular weight excluding hydrogens is 277 g/mol. The molecule has 6 heteroatoms. The van der Waals surface area contributed by atoms with Crippen LogP contribution in [0.4, 0.5) is 13.2 Å². The van der Waals surface area contributed by atoms with Crippen molar-refractivity contribution < 1.29 is 13.2 Å². The summed E-state index contributed by atoms with van der Waals surface area (Å²) in [6.07, 6.45) is -2.71. The van der Waals surface area contributed by atoms with Crippen LogP contribution < -0.4 is 5.32 Å². The van der Waals surface area contributed by atoms with Crippen LogP contribution in [-0.2, 0) is 6.18 Å². The smallest absolute Gasteiger partial charge is 0.314 e. The maximum Gasteiger partial charge on any atom is 0.417 e. The number of hydrogen-bond donors (Lipinski definition) is 1. The van der Waals surface area contributed by atoms with Crippen molar-refractivity contribution in [2.45, 2.75) is 45.3 Å². The lowest BCUT2D eigenvalue weighted by Crippen LogP contribution is -2.33. The zero-order chi connectivity index (χ0) is 14.6. The van der Waals surface area contributed by atoms with Gasteiger partial charge in [-0.1, -0.05) is 32.4 Å². The van der Waals surface area contributed by atoms with Crippen LogP contribution in [-0.4, -0.2) is 17.6 Å². The van der Waals surface area contributed by atoms with Gasteiger partial charge >= 0.3 is 6.18 Å². The summed E-state index contributed by atoms with van der Waals surface area (Å²) < 4.78 is 37.6. The highest BCUT2D eigenvalue weighted by atomic mass is 35.5. The molecule has 0 saturated heterocycles. The van der Waals surface area contributed by atoms with E-state index in [0.29, 0.717) is 5.69 Å². The largest absolute Gasteiger partial charge is 0.417 e. The fourth-order valence-electron chi connectivity index (χ4n) is 2.07. The first-order valence-electron chi connectivity index (χ1n) is 6.27. The molecule has 1 aromatic rings. The number of rotatable bonds is 5. The molecule has 0 spiro atoms. The zero-order valence-electron chi connectivity index (χ0n) is 11.2. The molecule has 1 N–H and O–H groups in total. The minimum atomic E-state index is -4.41. The number of pyridine rings is 1. The van der Waals surface area contributed by atoms with E-state index in [1.165, 1.54) is 0 Å². The highest BCUT2D eigenvalue weighted by Gasteiger charge is 2.32. The van der Waals surface area contributed by atoms with Crippen molar-refractivity contribution in [2.75, 3.05) is 6.54 Å². The molecule has 19 heavy (non-hydrogen) atoms. The van der Waals surface area contributed by atoms with E-state index in [2.05, 4.69) is 10.3 Å². The van der Waals surface area contributed by atoms with Crippen molar-refractivity contribution in [3.8, 4) is 0 Å². The third-order valence-corrected chi connectivity index (χ3v) is 3.44. The highest BCUT2D eigenvalue weighted by molar-refractivity contribution is 6.31. The van der Waals surface area contributed by atoms with Gasteiger partial charge in [-0.25, -0.2) is 0 Å². The first-order chi connectivity index (χ1) is 8.81. The van der Waals surface area contributed by atoms with Crippen LogP contribution in [0.15, 0.2) is 12.3 Å². The Morgan fingerprint density at radius 3 is 2.42 bits per heavy atom. The number of nitrogens with one attached hydrogen (secondary N) is 1. The third kappa shape index (κ3) is 4.08. The van der Waals surface area contributed by atoms with Gasteiger partial charge in [0.1, 0.15) is 0 Å². The normalized spacial score (nSPS) is 15.3. The summed E-state index contributed by atoms with van der Waals surface area (Å²) in [6, 6.07) is 1.09. The number of halogens is 4. The Morgan fingerprint density at radius 2 is 2.00 bits per heavy atom. The van der Waals surface area contributed by atoms with Crippen LogP contribution in [0, 0.1) is 0 Å². The molecule has 0 aliphatic rings.